The number of esters is 1. The number of nitrogens with zero attached hydrogens (tertiary/aromatic N) is 2. The Bertz CT molecular complexity index is 917. The number of hydrogen-bond acceptors (Lipinski definition) is 3. The van der Waals surface area contributed by atoms with Gasteiger partial charge in [-0.2, -0.15) is 4.57 Å². The zero-order valence-electron chi connectivity index (χ0n) is 16.0. The van der Waals surface area contributed by atoms with Crippen LogP contribution in [-0.2, 0) is 6.54 Å². The molecule has 2 aromatic carbocycles. The van der Waals surface area contributed by atoms with Crippen LogP contribution in [0.15, 0.2) is 73.2 Å². The maximum absolute atomic E-state index is 12.5. The smallest absolute Gasteiger partial charge is 0.368 e. The first-order chi connectivity index (χ1) is 13.8. The lowest BCUT2D eigenvalue weighted by Crippen LogP contribution is -2.35. The normalized spacial score (nSPS) is 14.6. The molecule has 0 unspecified atom stereocenters. The molecule has 4 nitrogen and oxygen atoms in total. The molecule has 1 fully saturated rings. The van der Waals surface area contributed by atoms with Gasteiger partial charge in [-0.25, -0.2) is 9.78 Å². The fraction of sp³-hybridized carbons (Fsp3) is 0.292. The summed E-state index contributed by atoms with van der Waals surface area (Å²) in [4.78, 5) is 16.7. The maximum atomic E-state index is 12.5. The van der Waals surface area contributed by atoms with Crippen LogP contribution in [0.5, 0.6) is 5.75 Å². The molecule has 4 rings (SSSR count). The molecule has 0 atom stereocenters. The second-order valence-electron chi connectivity index (χ2n) is 7.39. The Kier molecular flexibility index (Phi) is 5.76. The van der Waals surface area contributed by atoms with Crippen LogP contribution in [-0.4, -0.2) is 11.0 Å². The van der Waals surface area contributed by atoms with Crippen LogP contribution < -0.4 is 9.30 Å². The summed E-state index contributed by atoms with van der Waals surface area (Å²) >= 11 is 0. The van der Waals surface area contributed by atoms with Gasteiger partial charge in [0.1, 0.15) is 5.75 Å². The topological polar surface area (TPSA) is 43.1 Å². The van der Waals surface area contributed by atoms with Gasteiger partial charge < -0.3 is 4.74 Å². The summed E-state index contributed by atoms with van der Waals surface area (Å²) in [6, 6.07) is 18.1. The lowest BCUT2D eigenvalue weighted by molar-refractivity contribution is -0.689. The molecule has 0 spiro atoms. The molecular weight excluding hydrogens is 348 g/mol. The molecular formula is C24H25N2O2+. The van der Waals surface area contributed by atoms with Crippen LogP contribution in [0.2, 0.25) is 0 Å². The van der Waals surface area contributed by atoms with Gasteiger partial charge in [-0.05, 0) is 36.5 Å². The van der Waals surface area contributed by atoms with Crippen molar-refractivity contribution in [2.75, 3.05) is 0 Å². The first-order valence-corrected chi connectivity index (χ1v) is 9.99. The first-order valence-electron chi connectivity index (χ1n) is 9.99. The Morgan fingerprint density at radius 1 is 1.00 bits per heavy atom. The minimum atomic E-state index is -0.437. The Morgan fingerprint density at radius 3 is 2.50 bits per heavy atom. The molecule has 28 heavy (non-hydrogen) atoms. The Morgan fingerprint density at radius 2 is 1.75 bits per heavy atom. The van der Waals surface area contributed by atoms with E-state index in [0.29, 0.717) is 23.9 Å². The van der Waals surface area contributed by atoms with Gasteiger partial charge in [0.15, 0.2) is 12.7 Å². The molecule has 0 saturated heterocycles. The third-order valence-electron chi connectivity index (χ3n) is 5.34. The number of rotatable bonds is 5. The number of aromatic nitrogens is 2. The van der Waals surface area contributed by atoms with Crippen LogP contribution in [0.1, 0.15) is 59.6 Å². The van der Waals surface area contributed by atoms with Crippen molar-refractivity contribution in [2.45, 2.75) is 44.6 Å². The Balaban J connectivity index is 1.41. The number of carbonyl (C=O) groups is 1. The summed E-state index contributed by atoms with van der Waals surface area (Å²) in [5.41, 5.74) is 2.81. The van der Waals surface area contributed by atoms with Crippen molar-refractivity contribution in [1.82, 2.24) is 4.98 Å². The molecule has 1 aromatic heterocycles. The van der Waals surface area contributed by atoms with Crippen molar-refractivity contribution in [3.63, 3.8) is 0 Å². The number of ether oxygens (including phenoxy) is 1. The zero-order valence-corrected chi connectivity index (χ0v) is 16.0. The maximum Gasteiger partial charge on any atom is 0.368 e. The highest BCUT2D eigenvalue weighted by Gasteiger charge is 2.17. The number of hydrogen-bond donors (Lipinski definition) is 0. The quantitative estimate of drug-likeness (QED) is 0.370. The average molecular weight is 373 g/mol. The van der Waals surface area contributed by atoms with E-state index in [1.54, 1.807) is 12.4 Å². The van der Waals surface area contributed by atoms with Gasteiger partial charge >= 0.3 is 5.97 Å². The summed E-state index contributed by atoms with van der Waals surface area (Å²) in [7, 11) is 0. The van der Waals surface area contributed by atoms with E-state index in [1.165, 1.54) is 37.7 Å². The van der Waals surface area contributed by atoms with Gasteiger partial charge in [0.05, 0.1) is 6.20 Å². The van der Waals surface area contributed by atoms with Crippen molar-refractivity contribution in [3.05, 3.63) is 90.0 Å². The molecule has 4 heteroatoms. The third-order valence-corrected chi connectivity index (χ3v) is 5.34. The van der Waals surface area contributed by atoms with E-state index in [2.05, 4.69) is 29.2 Å². The van der Waals surface area contributed by atoms with Crippen molar-refractivity contribution in [1.29, 1.82) is 0 Å². The lowest BCUT2D eigenvalue weighted by Gasteiger charge is -2.21. The molecule has 0 amide bonds. The average Bonchev–Trinajstić information content (AvgIpc) is 2.76. The van der Waals surface area contributed by atoms with Gasteiger partial charge in [-0.3, -0.25) is 0 Å². The highest BCUT2D eigenvalue weighted by molar-refractivity contribution is 5.88. The van der Waals surface area contributed by atoms with Crippen LogP contribution in [0.3, 0.4) is 0 Å². The molecule has 1 heterocycles. The summed E-state index contributed by atoms with van der Waals surface area (Å²) in [5.74, 6) is 0.767. The van der Waals surface area contributed by atoms with Crippen LogP contribution in [0.4, 0.5) is 0 Å². The van der Waals surface area contributed by atoms with Gasteiger partial charge in [0.25, 0.3) is 0 Å². The van der Waals surface area contributed by atoms with Gasteiger partial charge in [0.2, 0.25) is 11.9 Å². The van der Waals surface area contributed by atoms with Gasteiger partial charge in [-0.15, -0.1) is 0 Å². The molecule has 0 aliphatic heterocycles. The minimum absolute atomic E-state index is 0.301. The van der Waals surface area contributed by atoms with Gasteiger partial charge in [0, 0.05) is 5.56 Å². The first kappa shape index (κ1) is 18.4. The molecule has 1 saturated carbocycles. The van der Waals surface area contributed by atoms with Crippen LogP contribution in [0.25, 0.3) is 0 Å². The molecule has 1 aliphatic carbocycles. The third kappa shape index (κ3) is 4.63. The fourth-order valence-electron chi connectivity index (χ4n) is 3.83. The van der Waals surface area contributed by atoms with Crippen LogP contribution in [0, 0.1) is 0 Å². The van der Waals surface area contributed by atoms with Crippen molar-refractivity contribution >= 4 is 5.97 Å². The standard InChI is InChI=1S/C24H25N2O2/c27-24(23-18-26(16-15-25-23)17-19-7-3-1-4-8-19)28-22-13-11-21(12-14-22)20-9-5-2-6-10-20/h1,3-4,7-8,11-16,18,20H,2,5-6,9-10,17H2/q+1. The monoisotopic (exact) mass is 373 g/mol. The van der Waals surface area contributed by atoms with E-state index >= 15 is 0 Å². The van der Waals surface area contributed by atoms with E-state index in [4.69, 9.17) is 4.74 Å². The highest BCUT2D eigenvalue weighted by atomic mass is 16.5. The molecule has 0 radical (unpaired) electrons. The van der Waals surface area contributed by atoms with E-state index < -0.39 is 5.97 Å². The molecule has 0 N–H and O–H groups in total. The van der Waals surface area contributed by atoms with Crippen molar-refractivity contribution in [3.8, 4) is 5.75 Å². The number of carbonyl (C=O) groups excluding carboxylic acids is 1. The summed E-state index contributed by atoms with van der Waals surface area (Å²) in [6.45, 7) is 0.680. The molecule has 3 aromatic rings. The predicted molar refractivity (Wildman–Crippen MR) is 107 cm³/mol. The van der Waals surface area contributed by atoms with Gasteiger partial charge in [-0.1, -0.05) is 61.7 Å². The molecule has 1 aliphatic rings. The SMILES string of the molecule is O=C(Oc1ccc(C2CCCCC2)cc1)c1c[n+](Cc2ccccc2)ccn1. The Hall–Kier alpha value is -3.01. The van der Waals surface area contributed by atoms with E-state index in [1.807, 2.05) is 41.1 Å². The second-order valence-corrected chi connectivity index (χ2v) is 7.39. The van der Waals surface area contributed by atoms with E-state index in [0.717, 1.165) is 5.56 Å². The van der Waals surface area contributed by atoms with Crippen LogP contribution >= 0.6 is 0 Å². The number of benzene rings is 2. The molecule has 0 bridgehead atoms. The van der Waals surface area contributed by atoms with E-state index in [9.17, 15) is 4.79 Å². The largest absolute Gasteiger partial charge is 0.422 e. The highest BCUT2D eigenvalue weighted by Crippen LogP contribution is 2.33. The Labute approximate surface area is 165 Å². The summed E-state index contributed by atoms with van der Waals surface area (Å²) in [5, 5.41) is 0. The minimum Gasteiger partial charge on any atom is -0.422 e. The zero-order chi connectivity index (χ0) is 19.2. The second kappa shape index (κ2) is 8.79. The lowest BCUT2D eigenvalue weighted by atomic mass is 9.84. The predicted octanol–water partition coefficient (Wildman–Crippen LogP) is 4.68. The summed E-state index contributed by atoms with van der Waals surface area (Å²) < 4.78 is 7.47. The fourth-order valence-corrected chi connectivity index (χ4v) is 3.83. The van der Waals surface area contributed by atoms with E-state index in [-0.39, 0.29) is 0 Å². The van der Waals surface area contributed by atoms with Crippen molar-refractivity contribution in [2.24, 2.45) is 0 Å². The van der Waals surface area contributed by atoms with Crippen molar-refractivity contribution < 1.29 is 14.1 Å². The summed E-state index contributed by atoms with van der Waals surface area (Å²) in [6.07, 6.45) is 11.7. The molecule has 142 valence electrons.